The van der Waals surface area contributed by atoms with Crippen LogP contribution in [-0.2, 0) is 16.1 Å². The van der Waals surface area contributed by atoms with Crippen LogP contribution in [0.1, 0.15) is 26.3 Å². The summed E-state index contributed by atoms with van der Waals surface area (Å²) in [6.45, 7) is 0.113. The van der Waals surface area contributed by atoms with Crippen molar-refractivity contribution in [3.8, 4) is 5.75 Å². The SMILES string of the molecule is COC(=O)c1cc(OCc2cc3ccccc3nc2Cl)cc(C(=O)OC)c1. The molecule has 0 unspecified atom stereocenters. The minimum atomic E-state index is -0.587. The van der Waals surface area contributed by atoms with Crippen molar-refractivity contribution in [2.75, 3.05) is 14.2 Å². The van der Waals surface area contributed by atoms with Crippen LogP contribution in [-0.4, -0.2) is 31.1 Å². The third-order valence-corrected chi connectivity index (χ3v) is 4.22. The highest BCUT2D eigenvalue weighted by Gasteiger charge is 2.15. The highest BCUT2D eigenvalue weighted by atomic mass is 35.5. The number of halogens is 1. The van der Waals surface area contributed by atoms with Gasteiger partial charge in [-0.3, -0.25) is 0 Å². The van der Waals surface area contributed by atoms with E-state index in [9.17, 15) is 9.59 Å². The largest absolute Gasteiger partial charge is 0.489 e. The molecule has 1 aromatic heterocycles. The summed E-state index contributed by atoms with van der Waals surface area (Å²) in [5.74, 6) is -0.866. The van der Waals surface area contributed by atoms with Crippen molar-refractivity contribution in [3.63, 3.8) is 0 Å². The number of carbonyl (C=O) groups excluding carboxylic acids is 2. The van der Waals surface area contributed by atoms with E-state index in [1.807, 2.05) is 30.3 Å². The Balaban J connectivity index is 1.90. The monoisotopic (exact) mass is 385 g/mol. The van der Waals surface area contributed by atoms with Gasteiger partial charge in [0.25, 0.3) is 0 Å². The Morgan fingerprint density at radius 1 is 0.963 bits per heavy atom. The molecule has 0 fully saturated rings. The number of carbonyl (C=O) groups is 2. The summed E-state index contributed by atoms with van der Waals surface area (Å²) in [5.41, 5.74) is 1.82. The zero-order valence-electron chi connectivity index (χ0n) is 14.7. The molecule has 1 heterocycles. The molecule has 0 aliphatic rings. The summed E-state index contributed by atoms with van der Waals surface area (Å²) < 4.78 is 15.2. The second kappa shape index (κ2) is 8.05. The van der Waals surface area contributed by atoms with Gasteiger partial charge in [0.1, 0.15) is 17.5 Å². The second-order valence-corrected chi connectivity index (χ2v) is 6.01. The molecule has 3 aromatic rings. The lowest BCUT2D eigenvalue weighted by Gasteiger charge is -2.11. The lowest BCUT2D eigenvalue weighted by Crippen LogP contribution is -2.08. The quantitative estimate of drug-likeness (QED) is 0.487. The second-order valence-electron chi connectivity index (χ2n) is 5.65. The minimum Gasteiger partial charge on any atom is -0.489 e. The van der Waals surface area contributed by atoms with Crippen LogP contribution in [0.4, 0.5) is 0 Å². The Morgan fingerprint density at radius 2 is 1.59 bits per heavy atom. The van der Waals surface area contributed by atoms with Crippen LogP contribution in [0.3, 0.4) is 0 Å². The third-order valence-electron chi connectivity index (χ3n) is 3.89. The number of ether oxygens (including phenoxy) is 3. The van der Waals surface area contributed by atoms with E-state index in [0.29, 0.717) is 16.5 Å². The van der Waals surface area contributed by atoms with Crippen LogP contribution in [0.2, 0.25) is 5.15 Å². The van der Waals surface area contributed by atoms with Crippen molar-refractivity contribution in [3.05, 3.63) is 70.4 Å². The molecule has 0 saturated heterocycles. The van der Waals surface area contributed by atoms with E-state index < -0.39 is 11.9 Å². The van der Waals surface area contributed by atoms with Gasteiger partial charge in [-0.05, 0) is 30.3 Å². The molecule has 138 valence electrons. The first-order chi connectivity index (χ1) is 13.0. The number of aromatic nitrogens is 1. The molecule has 27 heavy (non-hydrogen) atoms. The van der Waals surface area contributed by atoms with Crippen molar-refractivity contribution in [1.82, 2.24) is 4.98 Å². The van der Waals surface area contributed by atoms with E-state index in [1.165, 1.54) is 32.4 Å². The van der Waals surface area contributed by atoms with Crippen molar-refractivity contribution in [1.29, 1.82) is 0 Å². The zero-order chi connectivity index (χ0) is 19.4. The number of methoxy groups -OCH3 is 2. The van der Waals surface area contributed by atoms with E-state index in [1.54, 1.807) is 0 Å². The first-order valence-electron chi connectivity index (χ1n) is 8.00. The number of benzene rings is 2. The van der Waals surface area contributed by atoms with Gasteiger partial charge >= 0.3 is 11.9 Å². The Labute approximate surface area is 160 Å². The van der Waals surface area contributed by atoms with Crippen molar-refractivity contribution in [2.24, 2.45) is 0 Å². The Morgan fingerprint density at radius 3 is 2.22 bits per heavy atom. The fraction of sp³-hybridized carbons (Fsp3) is 0.150. The predicted molar refractivity (Wildman–Crippen MR) is 100 cm³/mol. The molecule has 3 rings (SSSR count). The van der Waals surface area contributed by atoms with E-state index in [0.717, 1.165) is 10.9 Å². The summed E-state index contributed by atoms with van der Waals surface area (Å²) in [4.78, 5) is 28.0. The van der Waals surface area contributed by atoms with Gasteiger partial charge in [-0.15, -0.1) is 0 Å². The van der Waals surface area contributed by atoms with Gasteiger partial charge in [-0.25, -0.2) is 14.6 Å². The molecule has 0 aliphatic carbocycles. The standard InChI is InChI=1S/C20H16ClNO5/c1-25-19(23)13-8-14(20(24)26-2)10-16(9-13)27-11-15-7-12-5-3-4-6-17(12)22-18(15)21/h3-10H,11H2,1-2H3. The van der Waals surface area contributed by atoms with Gasteiger partial charge in [0.05, 0.1) is 30.9 Å². The highest BCUT2D eigenvalue weighted by molar-refractivity contribution is 6.30. The van der Waals surface area contributed by atoms with Crippen LogP contribution in [0, 0.1) is 0 Å². The van der Waals surface area contributed by atoms with Crippen LogP contribution in [0.5, 0.6) is 5.75 Å². The fourth-order valence-corrected chi connectivity index (χ4v) is 2.75. The number of pyridine rings is 1. The predicted octanol–water partition coefficient (Wildman–Crippen LogP) is 4.04. The summed E-state index contributed by atoms with van der Waals surface area (Å²) in [6.07, 6.45) is 0. The molecular weight excluding hydrogens is 370 g/mol. The molecule has 2 aromatic carbocycles. The fourth-order valence-electron chi connectivity index (χ4n) is 2.55. The maximum atomic E-state index is 11.8. The van der Waals surface area contributed by atoms with Crippen LogP contribution in [0.15, 0.2) is 48.5 Å². The number of fused-ring (bicyclic) bond motifs is 1. The number of para-hydroxylation sites is 1. The van der Waals surface area contributed by atoms with Gasteiger partial charge in [0.15, 0.2) is 0 Å². The topological polar surface area (TPSA) is 74.7 Å². The molecule has 0 radical (unpaired) electrons. The first kappa shape index (κ1) is 18.7. The van der Waals surface area contributed by atoms with Gasteiger partial charge in [0, 0.05) is 10.9 Å². The molecule has 0 spiro atoms. The molecule has 6 nitrogen and oxygen atoms in total. The lowest BCUT2D eigenvalue weighted by molar-refractivity contribution is 0.0598. The molecular formula is C20H16ClNO5. The van der Waals surface area contributed by atoms with Crippen molar-refractivity contribution < 1.29 is 23.8 Å². The van der Waals surface area contributed by atoms with Crippen molar-refractivity contribution >= 4 is 34.4 Å². The molecule has 0 bridgehead atoms. The first-order valence-corrected chi connectivity index (χ1v) is 8.38. The average molecular weight is 386 g/mol. The summed E-state index contributed by atoms with van der Waals surface area (Å²) in [5, 5.41) is 1.25. The highest BCUT2D eigenvalue weighted by Crippen LogP contribution is 2.24. The van der Waals surface area contributed by atoms with Gasteiger partial charge in [-0.1, -0.05) is 29.8 Å². The summed E-state index contributed by atoms with van der Waals surface area (Å²) >= 11 is 6.24. The average Bonchev–Trinajstić information content (AvgIpc) is 2.70. The van der Waals surface area contributed by atoms with Crippen LogP contribution >= 0.6 is 11.6 Å². The summed E-state index contributed by atoms with van der Waals surface area (Å²) in [7, 11) is 2.52. The zero-order valence-corrected chi connectivity index (χ0v) is 15.4. The molecule has 7 heteroatoms. The molecule has 0 aliphatic heterocycles. The third kappa shape index (κ3) is 4.17. The molecule has 0 atom stereocenters. The molecule has 0 N–H and O–H groups in total. The molecule has 0 saturated carbocycles. The number of esters is 2. The normalized spacial score (nSPS) is 10.5. The van der Waals surface area contributed by atoms with Crippen LogP contribution < -0.4 is 4.74 Å². The Hall–Kier alpha value is -3.12. The Kier molecular flexibility index (Phi) is 5.57. The van der Waals surface area contributed by atoms with E-state index in [-0.39, 0.29) is 17.7 Å². The van der Waals surface area contributed by atoms with Crippen molar-refractivity contribution in [2.45, 2.75) is 6.61 Å². The smallest absolute Gasteiger partial charge is 0.338 e. The van der Waals surface area contributed by atoms with Gasteiger partial charge in [0.2, 0.25) is 0 Å². The lowest BCUT2D eigenvalue weighted by atomic mass is 10.1. The molecule has 0 amide bonds. The van der Waals surface area contributed by atoms with Gasteiger partial charge < -0.3 is 14.2 Å². The number of nitrogens with zero attached hydrogens (tertiary/aromatic N) is 1. The van der Waals surface area contributed by atoms with Gasteiger partial charge in [-0.2, -0.15) is 0 Å². The summed E-state index contributed by atoms with van der Waals surface area (Å²) in [6, 6.07) is 13.8. The Bertz CT molecular complexity index is 984. The minimum absolute atomic E-state index is 0.113. The van der Waals surface area contributed by atoms with E-state index in [4.69, 9.17) is 25.8 Å². The van der Waals surface area contributed by atoms with Crippen LogP contribution in [0.25, 0.3) is 10.9 Å². The van der Waals surface area contributed by atoms with E-state index >= 15 is 0 Å². The maximum absolute atomic E-state index is 11.8. The maximum Gasteiger partial charge on any atom is 0.338 e. The number of rotatable bonds is 5. The van der Waals surface area contributed by atoms with E-state index in [2.05, 4.69) is 4.98 Å². The number of hydrogen-bond acceptors (Lipinski definition) is 6. The number of hydrogen-bond donors (Lipinski definition) is 0.